The molecule has 0 amide bonds. The highest BCUT2D eigenvalue weighted by atomic mass is 32.2. The van der Waals surface area contributed by atoms with Crippen molar-refractivity contribution in [3.05, 3.63) is 0 Å². The molecule has 1 nitrogen and oxygen atoms in total. The van der Waals surface area contributed by atoms with Gasteiger partial charge < -0.3 is 5.73 Å². The first-order valence-electron chi connectivity index (χ1n) is 3.49. The number of hydrogen-bond donors (Lipinski definition) is 1. The average molecular weight is 157 g/mol. The fraction of sp³-hybridized carbons (Fsp3) is 0.750. The molecule has 0 spiro atoms. The molecule has 0 aliphatic carbocycles. The van der Waals surface area contributed by atoms with Gasteiger partial charge in [-0.05, 0) is 24.9 Å². The van der Waals surface area contributed by atoms with Gasteiger partial charge in [-0.3, -0.25) is 0 Å². The van der Waals surface area contributed by atoms with Crippen molar-refractivity contribution in [2.75, 3.05) is 12.0 Å². The third-order valence-electron chi connectivity index (χ3n) is 1.35. The van der Waals surface area contributed by atoms with E-state index in [0.29, 0.717) is 6.04 Å². The van der Waals surface area contributed by atoms with Gasteiger partial charge in [0.15, 0.2) is 0 Å². The van der Waals surface area contributed by atoms with Crippen LogP contribution in [-0.2, 0) is 0 Å². The van der Waals surface area contributed by atoms with Crippen molar-refractivity contribution < 1.29 is 0 Å². The molecule has 2 N–H and O–H groups in total. The first-order chi connectivity index (χ1) is 4.81. The second-order valence-corrected chi connectivity index (χ2v) is 3.27. The van der Waals surface area contributed by atoms with E-state index < -0.39 is 0 Å². The second kappa shape index (κ2) is 6.98. The van der Waals surface area contributed by atoms with Crippen LogP contribution >= 0.6 is 11.8 Å². The maximum absolute atomic E-state index is 5.74. The Kier molecular flexibility index (Phi) is 6.89. The molecule has 1 atom stereocenters. The minimum atomic E-state index is 0.309. The lowest BCUT2D eigenvalue weighted by Crippen LogP contribution is -2.20. The Morgan fingerprint density at radius 1 is 1.60 bits per heavy atom. The second-order valence-electron chi connectivity index (χ2n) is 2.28. The van der Waals surface area contributed by atoms with Crippen molar-refractivity contribution in [2.24, 2.45) is 5.73 Å². The summed E-state index contributed by atoms with van der Waals surface area (Å²) in [5, 5.41) is 0. The summed E-state index contributed by atoms with van der Waals surface area (Å²) in [6, 6.07) is 0.309. The van der Waals surface area contributed by atoms with E-state index in [1.807, 2.05) is 11.8 Å². The van der Waals surface area contributed by atoms with Crippen LogP contribution < -0.4 is 5.73 Å². The van der Waals surface area contributed by atoms with Gasteiger partial charge in [-0.15, -0.1) is 12.3 Å². The lowest BCUT2D eigenvalue weighted by Gasteiger charge is -2.06. The molecule has 2 heteroatoms. The molecular weight excluding hydrogens is 142 g/mol. The summed E-state index contributed by atoms with van der Waals surface area (Å²) < 4.78 is 0. The molecule has 0 radical (unpaired) electrons. The van der Waals surface area contributed by atoms with Gasteiger partial charge in [0.1, 0.15) is 0 Å². The van der Waals surface area contributed by atoms with Crippen LogP contribution in [-0.4, -0.2) is 18.1 Å². The fourth-order valence-electron chi connectivity index (χ4n) is 0.682. The van der Waals surface area contributed by atoms with Crippen molar-refractivity contribution in [3.8, 4) is 12.3 Å². The molecule has 0 aromatic heterocycles. The molecule has 0 rings (SSSR count). The number of hydrogen-bond acceptors (Lipinski definition) is 2. The van der Waals surface area contributed by atoms with Gasteiger partial charge in [0.2, 0.25) is 0 Å². The van der Waals surface area contributed by atoms with E-state index in [2.05, 4.69) is 12.2 Å². The van der Waals surface area contributed by atoms with Crippen LogP contribution in [0.15, 0.2) is 0 Å². The highest BCUT2D eigenvalue weighted by Gasteiger charge is 1.98. The van der Waals surface area contributed by atoms with Gasteiger partial charge in [0.25, 0.3) is 0 Å². The Morgan fingerprint density at radius 2 is 2.30 bits per heavy atom. The lowest BCUT2D eigenvalue weighted by atomic mass is 10.1. The molecule has 0 saturated carbocycles. The van der Waals surface area contributed by atoms with Crippen LogP contribution in [0.1, 0.15) is 19.3 Å². The lowest BCUT2D eigenvalue weighted by molar-refractivity contribution is 0.612. The quantitative estimate of drug-likeness (QED) is 0.612. The Labute approximate surface area is 67.8 Å². The number of nitrogens with two attached hydrogens (primary N) is 1. The molecular formula is C8H15NS. The van der Waals surface area contributed by atoms with E-state index in [1.54, 1.807) is 0 Å². The molecule has 1 unspecified atom stereocenters. The zero-order chi connectivity index (χ0) is 7.82. The summed E-state index contributed by atoms with van der Waals surface area (Å²) in [4.78, 5) is 0. The molecule has 0 fully saturated rings. The summed E-state index contributed by atoms with van der Waals surface area (Å²) in [7, 11) is 0. The van der Waals surface area contributed by atoms with Gasteiger partial charge in [-0.2, -0.15) is 11.8 Å². The zero-order valence-corrected chi connectivity index (χ0v) is 7.29. The molecule has 0 bridgehead atoms. The van der Waals surface area contributed by atoms with Crippen LogP contribution in [0, 0.1) is 12.3 Å². The van der Waals surface area contributed by atoms with Crippen molar-refractivity contribution in [1.29, 1.82) is 0 Å². The summed E-state index contributed by atoms with van der Waals surface area (Å²) >= 11 is 1.83. The van der Waals surface area contributed by atoms with E-state index in [4.69, 9.17) is 12.2 Å². The third-order valence-corrected chi connectivity index (χ3v) is 2.00. The van der Waals surface area contributed by atoms with Crippen molar-refractivity contribution in [3.63, 3.8) is 0 Å². The maximum Gasteiger partial charge on any atom is 0.0101 e. The fourth-order valence-corrected chi connectivity index (χ4v) is 1.22. The van der Waals surface area contributed by atoms with Gasteiger partial charge in [0, 0.05) is 12.5 Å². The third kappa shape index (κ3) is 6.00. The predicted octanol–water partition coefficient (Wildman–Crippen LogP) is 1.48. The number of rotatable bonds is 5. The zero-order valence-electron chi connectivity index (χ0n) is 6.47. The van der Waals surface area contributed by atoms with E-state index in [1.165, 1.54) is 0 Å². The van der Waals surface area contributed by atoms with Crippen molar-refractivity contribution in [2.45, 2.75) is 25.3 Å². The minimum absolute atomic E-state index is 0.309. The van der Waals surface area contributed by atoms with Crippen molar-refractivity contribution >= 4 is 11.8 Å². The molecule has 0 aromatic carbocycles. The smallest absolute Gasteiger partial charge is 0.0101 e. The molecule has 0 saturated heterocycles. The summed E-state index contributed by atoms with van der Waals surface area (Å²) in [6.45, 7) is 0. The van der Waals surface area contributed by atoms with E-state index in [0.717, 1.165) is 25.0 Å². The summed E-state index contributed by atoms with van der Waals surface area (Å²) in [5.41, 5.74) is 5.74. The largest absolute Gasteiger partial charge is 0.328 e. The number of terminal acetylenes is 1. The summed E-state index contributed by atoms with van der Waals surface area (Å²) in [5.74, 6) is 3.73. The van der Waals surface area contributed by atoms with Crippen LogP contribution in [0.5, 0.6) is 0 Å². The Morgan fingerprint density at radius 3 is 2.80 bits per heavy atom. The van der Waals surface area contributed by atoms with Crippen LogP contribution in [0.25, 0.3) is 0 Å². The molecule has 0 heterocycles. The van der Waals surface area contributed by atoms with E-state index in [-0.39, 0.29) is 0 Å². The molecule has 0 aliphatic rings. The SMILES string of the molecule is C#CCCC(N)CCSC. The standard InChI is InChI=1S/C8H15NS/c1-3-4-5-8(9)6-7-10-2/h1,8H,4-7,9H2,2H3. The highest BCUT2D eigenvalue weighted by molar-refractivity contribution is 7.98. The van der Waals surface area contributed by atoms with E-state index >= 15 is 0 Å². The highest BCUT2D eigenvalue weighted by Crippen LogP contribution is 2.02. The van der Waals surface area contributed by atoms with Gasteiger partial charge >= 0.3 is 0 Å². The monoisotopic (exact) mass is 157 g/mol. The molecule has 58 valence electrons. The number of thioether (sulfide) groups is 1. The Balaban J connectivity index is 3.10. The minimum Gasteiger partial charge on any atom is -0.328 e. The summed E-state index contributed by atoms with van der Waals surface area (Å²) in [6.07, 6.45) is 10.1. The normalized spacial score (nSPS) is 12.5. The average Bonchev–Trinajstić information content (AvgIpc) is 1.97. The topological polar surface area (TPSA) is 26.0 Å². The molecule has 0 aromatic rings. The van der Waals surface area contributed by atoms with Gasteiger partial charge in [-0.1, -0.05) is 0 Å². The maximum atomic E-state index is 5.74. The van der Waals surface area contributed by atoms with Gasteiger partial charge in [-0.25, -0.2) is 0 Å². The molecule has 10 heavy (non-hydrogen) atoms. The predicted molar refractivity (Wildman–Crippen MR) is 49.0 cm³/mol. The van der Waals surface area contributed by atoms with E-state index in [9.17, 15) is 0 Å². The van der Waals surface area contributed by atoms with Crippen LogP contribution in [0.3, 0.4) is 0 Å². The Hall–Kier alpha value is -0.130. The Bertz CT molecular complexity index is 106. The molecule has 0 aliphatic heterocycles. The first-order valence-corrected chi connectivity index (χ1v) is 4.88. The van der Waals surface area contributed by atoms with Crippen LogP contribution in [0.2, 0.25) is 0 Å². The first kappa shape index (κ1) is 9.87. The van der Waals surface area contributed by atoms with Crippen LogP contribution in [0.4, 0.5) is 0 Å². The van der Waals surface area contributed by atoms with Crippen molar-refractivity contribution in [1.82, 2.24) is 0 Å². The van der Waals surface area contributed by atoms with Gasteiger partial charge in [0.05, 0.1) is 0 Å².